The molecule has 0 spiro atoms. The van der Waals surface area contributed by atoms with Gasteiger partial charge in [-0.3, -0.25) is 4.79 Å². The van der Waals surface area contributed by atoms with Gasteiger partial charge in [0.05, 0.1) is 0 Å². The predicted octanol–water partition coefficient (Wildman–Crippen LogP) is 3.52. The third-order valence-corrected chi connectivity index (χ3v) is 3.87. The fourth-order valence-electron chi connectivity index (χ4n) is 2.24. The summed E-state index contributed by atoms with van der Waals surface area (Å²) in [7, 11) is 0. The molecule has 0 aromatic heterocycles. The number of nitrogens with one attached hydrogen (secondary N) is 1. The maximum atomic E-state index is 10.3. The highest BCUT2D eigenvalue weighted by molar-refractivity contribution is 9.10. The van der Waals surface area contributed by atoms with Crippen molar-refractivity contribution in [3.8, 4) is 0 Å². The summed E-state index contributed by atoms with van der Waals surface area (Å²) in [6, 6.07) is 16.9. The van der Waals surface area contributed by atoms with E-state index >= 15 is 0 Å². The number of rotatable bonds is 7. The molecule has 0 aliphatic carbocycles. The van der Waals surface area contributed by atoms with Gasteiger partial charge in [0.15, 0.2) is 0 Å². The number of aryl methyl sites for hydroxylation is 2. The highest BCUT2D eigenvalue weighted by Gasteiger charge is 2.02. The van der Waals surface area contributed by atoms with E-state index in [-0.39, 0.29) is 0 Å². The minimum absolute atomic E-state index is 0.693. The number of hydrogen-bond acceptors (Lipinski definition) is 1. The van der Waals surface area contributed by atoms with Crippen LogP contribution in [0.2, 0.25) is 0 Å². The summed E-state index contributed by atoms with van der Waals surface area (Å²) < 4.78 is 1.11. The number of amides is 1. The van der Waals surface area contributed by atoms with E-state index in [0.29, 0.717) is 6.54 Å². The van der Waals surface area contributed by atoms with Crippen molar-refractivity contribution < 1.29 is 4.79 Å². The van der Waals surface area contributed by atoms with Gasteiger partial charge in [-0.2, -0.15) is 0 Å². The zero-order chi connectivity index (χ0) is 14.2. The van der Waals surface area contributed by atoms with Crippen LogP contribution in [0.3, 0.4) is 0 Å². The molecule has 0 aliphatic heterocycles. The Labute approximate surface area is 128 Å². The number of benzene rings is 2. The molecule has 0 radical (unpaired) electrons. The van der Waals surface area contributed by atoms with E-state index in [4.69, 9.17) is 0 Å². The van der Waals surface area contributed by atoms with Crippen LogP contribution < -0.4 is 5.32 Å². The third-order valence-electron chi connectivity index (χ3n) is 3.34. The molecule has 2 nitrogen and oxygen atoms in total. The highest BCUT2D eigenvalue weighted by atomic mass is 79.9. The molecule has 0 aliphatic rings. The molecule has 2 aromatic rings. The van der Waals surface area contributed by atoms with Gasteiger partial charge in [-0.1, -0.05) is 52.3 Å². The monoisotopic (exact) mass is 331 g/mol. The molecule has 0 heterocycles. The second kappa shape index (κ2) is 7.85. The lowest BCUT2D eigenvalue weighted by Crippen LogP contribution is -2.15. The van der Waals surface area contributed by atoms with Gasteiger partial charge in [-0.05, 0) is 48.1 Å². The number of carbonyl (C=O) groups is 1. The molecule has 1 amide bonds. The van der Waals surface area contributed by atoms with Gasteiger partial charge < -0.3 is 5.32 Å². The van der Waals surface area contributed by atoms with Crippen LogP contribution in [0, 0.1) is 0 Å². The van der Waals surface area contributed by atoms with Crippen molar-refractivity contribution in [1.82, 2.24) is 5.32 Å². The number of carbonyl (C=O) groups excluding carboxylic acids is 1. The molecule has 3 heteroatoms. The molecule has 0 saturated heterocycles. The smallest absolute Gasteiger partial charge is 0.207 e. The summed E-state index contributed by atoms with van der Waals surface area (Å²) >= 11 is 3.45. The molecule has 1 N–H and O–H groups in total. The van der Waals surface area contributed by atoms with Crippen LogP contribution in [-0.2, 0) is 24.1 Å². The van der Waals surface area contributed by atoms with Gasteiger partial charge in [0, 0.05) is 11.0 Å². The maximum absolute atomic E-state index is 10.3. The van der Waals surface area contributed by atoms with Crippen LogP contribution >= 0.6 is 15.9 Å². The van der Waals surface area contributed by atoms with E-state index < -0.39 is 0 Å². The van der Waals surface area contributed by atoms with Crippen molar-refractivity contribution >= 4 is 22.3 Å². The molecule has 0 bridgehead atoms. The molecule has 20 heavy (non-hydrogen) atoms. The van der Waals surface area contributed by atoms with Crippen molar-refractivity contribution in [3.05, 3.63) is 69.7 Å². The van der Waals surface area contributed by atoms with Gasteiger partial charge in [0.2, 0.25) is 6.41 Å². The minimum atomic E-state index is 0.693. The summed E-state index contributed by atoms with van der Waals surface area (Å²) in [4.78, 5) is 10.3. The molecular formula is C17H18BrNO. The highest BCUT2D eigenvalue weighted by Crippen LogP contribution is 2.15. The van der Waals surface area contributed by atoms with Gasteiger partial charge in [0.1, 0.15) is 0 Å². The van der Waals surface area contributed by atoms with E-state index in [1.807, 2.05) is 0 Å². The average Bonchev–Trinajstić information content (AvgIpc) is 2.48. The van der Waals surface area contributed by atoms with Gasteiger partial charge in [-0.25, -0.2) is 0 Å². The number of hydrogen-bond donors (Lipinski definition) is 1. The molecule has 0 fully saturated rings. The van der Waals surface area contributed by atoms with Crippen molar-refractivity contribution in [2.75, 3.05) is 6.54 Å². The fourth-order valence-corrected chi connectivity index (χ4v) is 2.51. The Kier molecular flexibility index (Phi) is 5.81. The Balaban J connectivity index is 1.97. The van der Waals surface area contributed by atoms with Gasteiger partial charge in [0.25, 0.3) is 0 Å². The first-order valence-corrected chi connectivity index (χ1v) is 7.57. The summed E-state index contributed by atoms with van der Waals surface area (Å²) in [6.45, 7) is 0.693. The van der Waals surface area contributed by atoms with E-state index in [0.717, 1.165) is 30.1 Å². The van der Waals surface area contributed by atoms with Crippen LogP contribution in [0.15, 0.2) is 53.0 Å². The largest absolute Gasteiger partial charge is 0.358 e. The summed E-state index contributed by atoms with van der Waals surface area (Å²) in [6.07, 6.45) is 3.70. The maximum Gasteiger partial charge on any atom is 0.207 e. The van der Waals surface area contributed by atoms with Gasteiger partial charge in [-0.15, -0.1) is 0 Å². The average molecular weight is 332 g/mol. The molecule has 2 rings (SSSR count). The minimum Gasteiger partial charge on any atom is -0.358 e. The van der Waals surface area contributed by atoms with Gasteiger partial charge >= 0.3 is 0 Å². The zero-order valence-corrected chi connectivity index (χ0v) is 12.9. The lowest BCUT2D eigenvalue weighted by Gasteiger charge is -2.09. The van der Waals surface area contributed by atoms with Crippen LogP contribution in [0.5, 0.6) is 0 Å². The molecule has 0 atom stereocenters. The second-order valence-corrected chi connectivity index (χ2v) is 5.63. The van der Waals surface area contributed by atoms with E-state index in [1.165, 1.54) is 16.7 Å². The lowest BCUT2D eigenvalue weighted by molar-refractivity contribution is -0.109. The fraction of sp³-hybridized carbons (Fsp3) is 0.235. The molecule has 0 unspecified atom stereocenters. The summed E-state index contributed by atoms with van der Waals surface area (Å²) in [5.74, 6) is 0. The van der Waals surface area contributed by atoms with Crippen molar-refractivity contribution in [3.63, 3.8) is 0 Å². The SMILES string of the molecule is O=CNCCc1ccccc1CCc1ccc(Br)cc1. The first-order chi connectivity index (χ1) is 9.79. The normalized spacial score (nSPS) is 10.2. The third kappa shape index (κ3) is 4.49. The van der Waals surface area contributed by atoms with Crippen molar-refractivity contribution in [1.29, 1.82) is 0 Å². The summed E-state index contributed by atoms with van der Waals surface area (Å²) in [5.41, 5.74) is 4.02. The van der Waals surface area contributed by atoms with E-state index in [2.05, 4.69) is 69.8 Å². The zero-order valence-electron chi connectivity index (χ0n) is 11.3. The molecule has 2 aromatic carbocycles. The number of halogens is 1. The Hall–Kier alpha value is -1.61. The van der Waals surface area contributed by atoms with Crippen LogP contribution in [0.4, 0.5) is 0 Å². The second-order valence-electron chi connectivity index (χ2n) is 4.72. The Morgan fingerprint density at radius 1 is 0.900 bits per heavy atom. The Bertz CT molecular complexity index is 551. The quantitative estimate of drug-likeness (QED) is 0.610. The van der Waals surface area contributed by atoms with Crippen molar-refractivity contribution in [2.24, 2.45) is 0 Å². The Morgan fingerprint density at radius 3 is 2.20 bits per heavy atom. The lowest BCUT2D eigenvalue weighted by atomic mass is 9.98. The first kappa shape index (κ1) is 14.8. The summed E-state index contributed by atoms with van der Waals surface area (Å²) in [5, 5.41) is 2.72. The Morgan fingerprint density at radius 2 is 1.55 bits per heavy atom. The van der Waals surface area contributed by atoms with E-state index in [9.17, 15) is 4.79 Å². The molecule has 0 saturated carbocycles. The van der Waals surface area contributed by atoms with E-state index in [1.54, 1.807) is 0 Å². The van der Waals surface area contributed by atoms with Crippen LogP contribution in [0.1, 0.15) is 16.7 Å². The predicted molar refractivity (Wildman–Crippen MR) is 85.8 cm³/mol. The van der Waals surface area contributed by atoms with Crippen LogP contribution in [0.25, 0.3) is 0 Å². The van der Waals surface area contributed by atoms with Crippen molar-refractivity contribution in [2.45, 2.75) is 19.3 Å². The standard InChI is InChI=1S/C17H18BrNO/c18-17-9-6-14(7-10-17)5-8-15-3-1-2-4-16(15)11-12-19-13-20/h1-4,6-7,9-10,13H,5,8,11-12H2,(H,19,20). The molecular weight excluding hydrogens is 314 g/mol. The van der Waals surface area contributed by atoms with Crippen LogP contribution in [-0.4, -0.2) is 13.0 Å². The molecule has 104 valence electrons. The first-order valence-electron chi connectivity index (χ1n) is 6.78. The topological polar surface area (TPSA) is 29.1 Å².